The van der Waals surface area contributed by atoms with Crippen LogP contribution in [-0.2, 0) is 4.79 Å². The molecule has 0 unspecified atom stereocenters. The number of piperidine rings is 1. The molecule has 1 amide bonds. The van der Waals surface area contributed by atoms with Crippen molar-refractivity contribution in [3.63, 3.8) is 0 Å². The van der Waals surface area contributed by atoms with E-state index in [1.165, 1.54) is 22.9 Å². The lowest BCUT2D eigenvalue weighted by Crippen LogP contribution is -2.45. The first-order chi connectivity index (χ1) is 16.6. The molecule has 1 N–H and O–H groups in total. The van der Waals surface area contributed by atoms with Gasteiger partial charge in [-0.2, -0.15) is 0 Å². The number of benzene rings is 1. The summed E-state index contributed by atoms with van der Waals surface area (Å²) < 4.78 is 53.5. The predicted octanol–water partition coefficient (Wildman–Crippen LogP) is 3.28. The van der Waals surface area contributed by atoms with Gasteiger partial charge in [0.25, 0.3) is 0 Å². The molecule has 2 aliphatic heterocycles. The first-order valence-electron chi connectivity index (χ1n) is 10.7. The Labute approximate surface area is 201 Å². The fourth-order valence-electron chi connectivity index (χ4n) is 3.90. The highest BCUT2D eigenvalue weighted by atomic mass is 35.5. The first kappa shape index (κ1) is 24.9. The van der Waals surface area contributed by atoms with Gasteiger partial charge in [0, 0.05) is 30.6 Å². The van der Waals surface area contributed by atoms with Gasteiger partial charge in [0.05, 0.1) is 18.2 Å². The van der Waals surface area contributed by atoms with Gasteiger partial charge in [0.15, 0.2) is 0 Å². The number of amides is 1. The monoisotopic (exact) mass is 519 g/mol. The number of halogens is 4. The van der Waals surface area contributed by atoms with Crippen molar-refractivity contribution in [2.75, 3.05) is 26.2 Å². The highest BCUT2D eigenvalue weighted by Gasteiger charge is 2.33. The molecule has 2 aromatic rings. The number of fused-ring (bicyclic) bond motifs is 1. The third-order valence-electron chi connectivity index (χ3n) is 5.49. The second kappa shape index (κ2) is 10.2. The zero-order chi connectivity index (χ0) is 25.2. The molecule has 0 saturated carbocycles. The van der Waals surface area contributed by atoms with Crippen molar-refractivity contribution in [3.05, 3.63) is 39.5 Å². The number of likely N-dealkylation sites (tertiary alicyclic amines) is 1. The number of hydrogen-bond acceptors (Lipinski definition) is 8. The number of nitrogens with zero attached hydrogens (tertiary/aromatic N) is 4. The van der Waals surface area contributed by atoms with E-state index < -0.39 is 23.2 Å². The van der Waals surface area contributed by atoms with E-state index in [1.54, 1.807) is 0 Å². The lowest BCUT2D eigenvalue weighted by Gasteiger charge is -2.32. The van der Waals surface area contributed by atoms with Crippen LogP contribution in [-0.4, -0.2) is 64.0 Å². The van der Waals surface area contributed by atoms with Crippen molar-refractivity contribution < 1.29 is 37.1 Å². The number of nitro groups is 1. The number of rotatable bonds is 7. The molecule has 0 spiro atoms. The molecular weight excluding hydrogens is 499 g/mol. The van der Waals surface area contributed by atoms with E-state index in [0.717, 1.165) is 6.07 Å². The second-order valence-corrected chi connectivity index (χ2v) is 8.41. The van der Waals surface area contributed by atoms with E-state index in [2.05, 4.69) is 15.0 Å². The average Bonchev–Trinajstić information content (AvgIpc) is 3.22. The Morgan fingerprint density at radius 2 is 2.06 bits per heavy atom. The second-order valence-electron chi connectivity index (χ2n) is 8.00. The summed E-state index contributed by atoms with van der Waals surface area (Å²) in [7, 11) is 0. The summed E-state index contributed by atoms with van der Waals surface area (Å²) in [6.45, 7) is 1.54. The highest BCUT2D eigenvalue weighted by molar-refractivity contribution is 6.32. The fraction of sp³-hybridized carbons (Fsp3) is 0.500. The van der Waals surface area contributed by atoms with Crippen molar-refractivity contribution in [3.8, 4) is 17.5 Å². The average molecular weight is 520 g/mol. The zero-order valence-corrected chi connectivity index (χ0v) is 18.9. The molecular formula is C20H21ClF3N5O6. The molecule has 11 nitrogen and oxygen atoms in total. The Kier molecular flexibility index (Phi) is 7.21. The molecule has 0 radical (unpaired) electrons. The van der Waals surface area contributed by atoms with E-state index >= 15 is 0 Å². The highest BCUT2D eigenvalue weighted by Crippen LogP contribution is 2.34. The summed E-state index contributed by atoms with van der Waals surface area (Å²) in [4.78, 5) is 28.6. The molecule has 1 aromatic carbocycles. The molecule has 0 aliphatic carbocycles. The maximum absolute atomic E-state index is 12.6. The third kappa shape index (κ3) is 6.45. The van der Waals surface area contributed by atoms with Gasteiger partial charge in [-0.05, 0) is 29.9 Å². The molecule has 2 aliphatic rings. The van der Waals surface area contributed by atoms with Gasteiger partial charge < -0.3 is 29.6 Å². The van der Waals surface area contributed by atoms with Crippen molar-refractivity contribution in [2.45, 2.75) is 37.9 Å². The Balaban J connectivity index is 1.24. The molecule has 1 saturated heterocycles. The lowest BCUT2D eigenvalue weighted by atomic mass is 10.1. The number of aromatic nitrogens is 2. The normalized spacial score (nSPS) is 18.9. The quantitative estimate of drug-likeness (QED) is 0.437. The minimum absolute atomic E-state index is 0.0873. The predicted molar refractivity (Wildman–Crippen MR) is 114 cm³/mol. The molecule has 1 atom stereocenters. The number of hydrogen-bond donors (Lipinski definition) is 1. The van der Waals surface area contributed by atoms with Gasteiger partial charge in [0.2, 0.25) is 5.91 Å². The number of imidazole rings is 1. The van der Waals surface area contributed by atoms with Crippen LogP contribution >= 0.6 is 11.6 Å². The molecule has 0 bridgehead atoms. The topological polar surface area (TPSA) is 121 Å². The van der Waals surface area contributed by atoms with Gasteiger partial charge >= 0.3 is 18.2 Å². The van der Waals surface area contributed by atoms with E-state index in [9.17, 15) is 28.1 Å². The lowest BCUT2D eigenvalue weighted by molar-refractivity contribution is -0.389. The van der Waals surface area contributed by atoms with E-state index in [-0.39, 0.29) is 42.0 Å². The molecule has 1 fully saturated rings. The third-order valence-corrected chi connectivity index (χ3v) is 5.79. The molecule has 15 heteroatoms. The summed E-state index contributed by atoms with van der Waals surface area (Å²) in [5.41, 5.74) is 0. The summed E-state index contributed by atoms with van der Waals surface area (Å²) >= 11 is 5.86. The van der Waals surface area contributed by atoms with Crippen LogP contribution < -0.4 is 19.5 Å². The van der Waals surface area contributed by atoms with Crippen molar-refractivity contribution in [2.24, 2.45) is 0 Å². The van der Waals surface area contributed by atoms with Crippen molar-refractivity contribution >= 4 is 23.3 Å². The maximum atomic E-state index is 12.6. The van der Waals surface area contributed by atoms with Crippen LogP contribution in [0.15, 0.2) is 24.4 Å². The largest absolute Gasteiger partial charge is 0.573 e. The van der Waals surface area contributed by atoms with Gasteiger partial charge in [-0.3, -0.25) is 14.3 Å². The number of carbonyl (C=O) groups is 1. The Morgan fingerprint density at radius 1 is 1.31 bits per heavy atom. The number of nitrogens with one attached hydrogen (secondary N) is 1. The van der Waals surface area contributed by atoms with E-state index in [1.807, 2.05) is 4.90 Å². The van der Waals surface area contributed by atoms with Crippen LogP contribution in [0.25, 0.3) is 0 Å². The smallest absolute Gasteiger partial charge is 0.490 e. The maximum Gasteiger partial charge on any atom is 0.573 e. The number of alkyl halides is 3. The van der Waals surface area contributed by atoms with Gasteiger partial charge in [0.1, 0.15) is 30.0 Å². The van der Waals surface area contributed by atoms with Gasteiger partial charge in [-0.15, -0.1) is 13.2 Å². The molecule has 1 aromatic heterocycles. The zero-order valence-electron chi connectivity index (χ0n) is 18.2. The van der Waals surface area contributed by atoms with E-state index in [4.69, 9.17) is 21.1 Å². The fourth-order valence-corrected chi connectivity index (χ4v) is 4.11. The molecule has 35 heavy (non-hydrogen) atoms. The SMILES string of the molecule is O=C(CN1CCC(Oc2ccc(OC(F)(F)F)c(Cl)c2)CC1)N[C@@H]1CCOc2nc([N+](=O)[O-])cn21. The van der Waals surface area contributed by atoms with E-state index in [0.29, 0.717) is 38.1 Å². The van der Waals surface area contributed by atoms with Gasteiger partial charge in [-0.25, -0.2) is 0 Å². The molecule has 190 valence electrons. The van der Waals surface area contributed by atoms with Crippen LogP contribution in [0.2, 0.25) is 5.02 Å². The molecule has 4 rings (SSSR count). The van der Waals surface area contributed by atoms with Crippen LogP contribution in [0.4, 0.5) is 19.0 Å². The van der Waals surface area contributed by atoms with Crippen LogP contribution in [0.1, 0.15) is 25.4 Å². The summed E-state index contributed by atoms with van der Waals surface area (Å²) in [6, 6.07) is 3.81. The Bertz CT molecular complexity index is 1090. The van der Waals surface area contributed by atoms with Crippen LogP contribution in [0.3, 0.4) is 0 Å². The summed E-state index contributed by atoms with van der Waals surface area (Å²) in [5, 5.41) is 13.6. The molecule has 3 heterocycles. The minimum atomic E-state index is -4.84. The number of ether oxygens (including phenoxy) is 3. The van der Waals surface area contributed by atoms with Crippen molar-refractivity contribution in [1.82, 2.24) is 19.8 Å². The van der Waals surface area contributed by atoms with Crippen LogP contribution in [0, 0.1) is 10.1 Å². The Morgan fingerprint density at radius 3 is 2.71 bits per heavy atom. The first-order valence-corrected chi connectivity index (χ1v) is 11.0. The summed E-state index contributed by atoms with van der Waals surface area (Å²) in [6.07, 6.45) is -2.66. The van der Waals surface area contributed by atoms with Crippen LogP contribution in [0.5, 0.6) is 17.5 Å². The Hall–Kier alpha value is -3.26. The number of carbonyl (C=O) groups excluding carboxylic acids is 1. The standard InChI is InChI=1S/C20H21ClF3N5O6/c21-14-9-13(1-2-15(14)35-20(22,23)24)34-12-3-6-27(7-4-12)11-18(30)25-16-5-8-33-19-26-17(29(31)32)10-28(16)19/h1-2,9-10,12,16H,3-8,11H2,(H,25,30)/t16-/m0/s1. The van der Waals surface area contributed by atoms with Crippen molar-refractivity contribution in [1.29, 1.82) is 0 Å². The van der Waals surface area contributed by atoms with Gasteiger partial charge in [-0.1, -0.05) is 11.6 Å². The summed E-state index contributed by atoms with van der Waals surface area (Å²) in [5.74, 6) is -0.780. The minimum Gasteiger partial charge on any atom is -0.490 e.